The van der Waals surface area contributed by atoms with Gasteiger partial charge in [0.1, 0.15) is 24.1 Å². The summed E-state index contributed by atoms with van der Waals surface area (Å²) in [5, 5.41) is 8.50. The van der Waals surface area contributed by atoms with E-state index in [9.17, 15) is 0 Å². The molecule has 0 aliphatic heterocycles. The molecule has 3 aromatic heterocycles. The summed E-state index contributed by atoms with van der Waals surface area (Å²) in [6.07, 6.45) is 4.43. The van der Waals surface area contributed by atoms with Gasteiger partial charge in [0, 0.05) is 5.56 Å². The average molecular weight is 236 g/mol. The maximum Gasteiger partial charge on any atom is 0.255 e. The molecule has 0 aromatic carbocycles. The van der Waals surface area contributed by atoms with E-state index in [0.717, 1.165) is 5.56 Å². The van der Waals surface area contributed by atoms with E-state index >= 15 is 0 Å². The lowest BCUT2D eigenvalue weighted by Crippen LogP contribution is -2.08. The maximum absolute atomic E-state index is 6.01. The lowest BCUT2D eigenvalue weighted by molar-refractivity contribution is 0.771. The molecule has 8 heteroatoms. The van der Waals surface area contributed by atoms with Crippen LogP contribution >= 0.6 is 11.6 Å². The smallest absolute Gasteiger partial charge is 0.223 e. The maximum atomic E-state index is 6.01. The number of rotatable bonds is 1. The molecule has 0 atom stereocenters. The second kappa shape index (κ2) is 3.24. The lowest BCUT2D eigenvalue weighted by atomic mass is 10.3. The van der Waals surface area contributed by atoms with Gasteiger partial charge in [-0.25, -0.2) is 9.67 Å². The Kier molecular flexibility index (Phi) is 1.87. The van der Waals surface area contributed by atoms with Crippen LogP contribution in [-0.2, 0) is 0 Å². The fourth-order valence-corrected chi connectivity index (χ4v) is 1.63. The summed E-state index contributed by atoms with van der Waals surface area (Å²) in [6.45, 7) is 1.84. The van der Waals surface area contributed by atoms with Gasteiger partial charge in [-0.05, 0) is 6.92 Å². The van der Waals surface area contributed by atoms with Crippen molar-refractivity contribution in [3.63, 3.8) is 0 Å². The number of fused-ring (bicyclic) bond motifs is 1. The zero-order valence-corrected chi connectivity index (χ0v) is 9.00. The van der Waals surface area contributed by atoms with Crippen molar-refractivity contribution in [2.24, 2.45) is 0 Å². The Hall–Kier alpha value is -2.02. The van der Waals surface area contributed by atoms with Gasteiger partial charge >= 0.3 is 0 Å². The number of nitrogens with zero attached hydrogens (tertiary/aromatic N) is 7. The van der Waals surface area contributed by atoms with E-state index in [1.807, 2.05) is 6.92 Å². The van der Waals surface area contributed by atoms with Crippen molar-refractivity contribution in [2.75, 3.05) is 0 Å². The molecule has 0 radical (unpaired) electrons. The fraction of sp³-hybridized carbons (Fsp3) is 0.125. The summed E-state index contributed by atoms with van der Waals surface area (Å²) in [6, 6.07) is 0. The monoisotopic (exact) mass is 235 g/mol. The van der Waals surface area contributed by atoms with Crippen molar-refractivity contribution >= 4 is 17.4 Å². The first-order chi connectivity index (χ1) is 7.77. The molecule has 0 unspecified atom stereocenters. The van der Waals surface area contributed by atoms with Gasteiger partial charge in [-0.3, -0.25) is 0 Å². The minimum atomic E-state index is 0.381. The molecule has 3 heterocycles. The van der Waals surface area contributed by atoms with E-state index in [2.05, 4.69) is 25.1 Å². The summed E-state index contributed by atoms with van der Waals surface area (Å²) >= 11 is 6.01. The van der Waals surface area contributed by atoms with E-state index in [1.165, 1.54) is 12.7 Å². The number of hydrogen-bond acceptors (Lipinski definition) is 5. The Morgan fingerprint density at radius 2 is 2.12 bits per heavy atom. The summed E-state index contributed by atoms with van der Waals surface area (Å²) in [5.74, 6) is 1.12. The van der Waals surface area contributed by atoms with Crippen LogP contribution in [0.15, 0.2) is 19.0 Å². The molecule has 0 saturated carbocycles. The van der Waals surface area contributed by atoms with E-state index < -0.39 is 0 Å². The minimum absolute atomic E-state index is 0.381. The van der Waals surface area contributed by atoms with Gasteiger partial charge in [0.2, 0.25) is 0 Å². The first-order valence-corrected chi connectivity index (χ1v) is 4.86. The van der Waals surface area contributed by atoms with Crippen LogP contribution in [0.2, 0.25) is 5.15 Å². The topological polar surface area (TPSA) is 73.8 Å². The van der Waals surface area contributed by atoms with Crippen molar-refractivity contribution < 1.29 is 0 Å². The number of hydrogen-bond donors (Lipinski definition) is 0. The van der Waals surface area contributed by atoms with Crippen LogP contribution in [0.4, 0.5) is 0 Å². The summed E-state index contributed by atoms with van der Waals surface area (Å²) in [7, 11) is 0. The third kappa shape index (κ3) is 1.18. The molecule has 3 aromatic rings. The predicted molar refractivity (Wildman–Crippen MR) is 55.4 cm³/mol. The normalized spacial score (nSPS) is 11.1. The Morgan fingerprint density at radius 1 is 1.25 bits per heavy atom. The van der Waals surface area contributed by atoms with Gasteiger partial charge < -0.3 is 0 Å². The standard InChI is InChI=1S/C8H6ClN7/c1-5-6(9)14-8-11-3-13-16(8)7(5)15-4-10-2-12-15/h2-4H,1H3. The second-order valence-electron chi connectivity index (χ2n) is 3.16. The third-order valence-electron chi connectivity index (χ3n) is 2.21. The molecule has 7 nitrogen and oxygen atoms in total. The van der Waals surface area contributed by atoms with E-state index in [4.69, 9.17) is 11.6 Å². The van der Waals surface area contributed by atoms with Crippen LogP contribution in [0, 0.1) is 6.92 Å². The predicted octanol–water partition coefficient (Wildman–Crippen LogP) is 0.667. The van der Waals surface area contributed by atoms with Gasteiger partial charge in [0.05, 0.1) is 0 Å². The SMILES string of the molecule is Cc1c(Cl)nc2ncnn2c1-n1cncn1. The summed E-state index contributed by atoms with van der Waals surface area (Å²) < 4.78 is 3.14. The number of halogens is 1. The minimum Gasteiger partial charge on any atom is -0.223 e. The van der Waals surface area contributed by atoms with Gasteiger partial charge in [0.25, 0.3) is 5.78 Å². The summed E-state index contributed by atoms with van der Waals surface area (Å²) in [4.78, 5) is 12.0. The largest absolute Gasteiger partial charge is 0.255 e. The Labute approximate surface area is 94.7 Å². The van der Waals surface area contributed by atoms with Crippen molar-refractivity contribution in [3.8, 4) is 5.82 Å². The van der Waals surface area contributed by atoms with Crippen LogP contribution in [0.3, 0.4) is 0 Å². The molecule has 0 spiro atoms. The highest BCUT2D eigenvalue weighted by Crippen LogP contribution is 2.19. The highest BCUT2D eigenvalue weighted by Gasteiger charge is 2.13. The molecule has 16 heavy (non-hydrogen) atoms. The first-order valence-electron chi connectivity index (χ1n) is 4.48. The molecular weight excluding hydrogens is 230 g/mol. The fourth-order valence-electron chi connectivity index (χ4n) is 1.47. The molecule has 0 aliphatic rings. The lowest BCUT2D eigenvalue weighted by Gasteiger charge is -2.07. The number of aromatic nitrogens is 7. The van der Waals surface area contributed by atoms with Crippen LogP contribution in [0.5, 0.6) is 0 Å². The van der Waals surface area contributed by atoms with Gasteiger partial charge in [0.15, 0.2) is 5.82 Å². The van der Waals surface area contributed by atoms with Crippen LogP contribution in [0.25, 0.3) is 11.6 Å². The molecule has 0 aliphatic carbocycles. The van der Waals surface area contributed by atoms with Crippen LogP contribution in [-0.4, -0.2) is 34.3 Å². The van der Waals surface area contributed by atoms with E-state index in [-0.39, 0.29) is 0 Å². The second-order valence-corrected chi connectivity index (χ2v) is 3.52. The molecule has 0 amide bonds. The highest BCUT2D eigenvalue weighted by atomic mass is 35.5. The van der Waals surface area contributed by atoms with Crippen molar-refractivity contribution in [2.45, 2.75) is 6.92 Å². The Morgan fingerprint density at radius 3 is 2.88 bits per heavy atom. The van der Waals surface area contributed by atoms with Gasteiger partial charge in [-0.2, -0.15) is 24.7 Å². The zero-order valence-electron chi connectivity index (χ0n) is 8.24. The third-order valence-corrected chi connectivity index (χ3v) is 2.58. The van der Waals surface area contributed by atoms with Gasteiger partial charge in [-0.15, -0.1) is 0 Å². The summed E-state index contributed by atoms with van der Waals surface area (Å²) in [5.41, 5.74) is 0.769. The average Bonchev–Trinajstić information content (AvgIpc) is 2.89. The molecular formula is C8H6ClN7. The van der Waals surface area contributed by atoms with Crippen molar-refractivity contribution in [3.05, 3.63) is 29.7 Å². The molecule has 3 rings (SSSR count). The van der Waals surface area contributed by atoms with Crippen LogP contribution in [0.1, 0.15) is 5.56 Å². The van der Waals surface area contributed by atoms with Crippen LogP contribution < -0.4 is 0 Å². The first kappa shape index (κ1) is 9.22. The molecule has 0 bridgehead atoms. The van der Waals surface area contributed by atoms with E-state index in [0.29, 0.717) is 16.7 Å². The molecule has 0 fully saturated rings. The Balaban J connectivity index is 2.45. The molecule has 0 saturated heterocycles. The zero-order chi connectivity index (χ0) is 11.1. The Bertz CT molecular complexity index is 642. The highest BCUT2D eigenvalue weighted by molar-refractivity contribution is 6.30. The molecule has 0 N–H and O–H groups in total. The van der Waals surface area contributed by atoms with Crippen molar-refractivity contribution in [1.82, 2.24) is 34.3 Å². The van der Waals surface area contributed by atoms with E-state index in [1.54, 1.807) is 15.5 Å². The van der Waals surface area contributed by atoms with Gasteiger partial charge in [-0.1, -0.05) is 11.6 Å². The molecule has 80 valence electrons. The quantitative estimate of drug-likeness (QED) is 0.580. The van der Waals surface area contributed by atoms with Crippen molar-refractivity contribution in [1.29, 1.82) is 0 Å².